The van der Waals surface area contributed by atoms with Crippen molar-refractivity contribution in [1.82, 2.24) is 14.7 Å². The van der Waals surface area contributed by atoms with Gasteiger partial charge in [-0.2, -0.15) is 5.10 Å². The molecule has 1 heterocycles. The van der Waals surface area contributed by atoms with Gasteiger partial charge in [-0.3, -0.25) is 9.48 Å². The lowest BCUT2D eigenvalue weighted by molar-refractivity contribution is 0.0675. The summed E-state index contributed by atoms with van der Waals surface area (Å²) in [6, 6.07) is 1.61. The monoisotopic (exact) mass is 239 g/mol. The van der Waals surface area contributed by atoms with Crippen LogP contribution in [0.4, 0.5) is 0 Å². The number of aromatic nitrogens is 2. The first kappa shape index (κ1) is 13.7. The van der Waals surface area contributed by atoms with Gasteiger partial charge in [-0.25, -0.2) is 0 Å². The normalized spacial score (nSPS) is 12.9. The zero-order chi connectivity index (χ0) is 13.2. The van der Waals surface area contributed by atoms with Crippen molar-refractivity contribution in [3.8, 4) is 0 Å². The molecule has 0 aliphatic heterocycles. The average Bonchev–Trinajstić information content (AvgIpc) is 2.68. The third-order valence-corrected chi connectivity index (χ3v) is 2.97. The van der Waals surface area contributed by atoms with Gasteiger partial charge in [0.25, 0.3) is 5.91 Å². The van der Waals surface area contributed by atoms with Gasteiger partial charge >= 0.3 is 0 Å². The number of carbonyl (C=O) groups excluding carboxylic acids is 1. The summed E-state index contributed by atoms with van der Waals surface area (Å²) in [5, 5.41) is 13.2. The van der Waals surface area contributed by atoms with Crippen LogP contribution in [-0.2, 0) is 7.05 Å². The number of aliphatic hydroxyl groups excluding tert-OH is 1. The molecule has 0 saturated heterocycles. The van der Waals surface area contributed by atoms with Crippen molar-refractivity contribution in [3.05, 3.63) is 17.5 Å². The number of nitrogens with zero attached hydrogens (tertiary/aromatic N) is 3. The van der Waals surface area contributed by atoms with E-state index >= 15 is 0 Å². The molecule has 1 amide bonds. The molecule has 1 aromatic heterocycles. The molecule has 0 saturated carbocycles. The lowest BCUT2D eigenvalue weighted by atomic mass is 10.1. The van der Waals surface area contributed by atoms with Crippen LogP contribution in [0, 0.1) is 0 Å². The molecule has 0 radical (unpaired) electrons. The maximum atomic E-state index is 12.1. The minimum absolute atomic E-state index is 0.0495. The van der Waals surface area contributed by atoms with Gasteiger partial charge in [0.1, 0.15) is 0 Å². The van der Waals surface area contributed by atoms with Crippen LogP contribution < -0.4 is 0 Å². The van der Waals surface area contributed by atoms with Crippen LogP contribution in [0.5, 0.6) is 0 Å². The quantitative estimate of drug-likeness (QED) is 0.852. The number of amides is 1. The van der Waals surface area contributed by atoms with E-state index in [-0.39, 0.29) is 18.6 Å². The van der Waals surface area contributed by atoms with Crippen molar-refractivity contribution in [3.63, 3.8) is 0 Å². The Kier molecular flexibility index (Phi) is 4.28. The van der Waals surface area contributed by atoms with Gasteiger partial charge in [0.2, 0.25) is 0 Å². The van der Waals surface area contributed by atoms with Crippen molar-refractivity contribution in [2.75, 3.05) is 13.7 Å². The number of hydrogen-bond acceptors (Lipinski definition) is 3. The summed E-state index contributed by atoms with van der Waals surface area (Å²) in [5.74, 6) is 0.170. The van der Waals surface area contributed by atoms with Gasteiger partial charge in [-0.1, -0.05) is 13.8 Å². The first-order valence-electron chi connectivity index (χ1n) is 5.80. The summed E-state index contributed by atoms with van der Waals surface area (Å²) in [6.07, 6.45) is 0. The van der Waals surface area contributed by atoms with Crippen LogP contribution in [0.25, 0.3) is 0 Å². The highest BCUT2D eigenvalue weighted by Gasteiger charge is 2.21. The summed E-state index contributed by atoms with van der Waals surface area (Å²) in [4.78, 5) is 13.6. The molecule has 17 heavy (non-hydrogen) atoms. The second-order valence-electron chi connectivity index (χ2n) is 4.68. The average molecular weight is 239 g/mol. The number of hydrogen-bond donors (Lipinski definition) is 1. The summed E-state index contributed by atoms with van der Waals surface area (Å²) < 4.78 is 1.73. The van der Waals surface area contributed by atoms with Crippen molar-refractivity contribution < 1.29 is 9.90 Å². The molecule has 1 unspecified atom stereocenters. The molecule has 0 aromatic carbocycles. The second kappa shape index (κ2) is 5.31. The van der Waals surface area contributed by atoms with E-state index in [4.69, 9.17) is 5.11 Å². The highest BCUT2D eigenvalue weighted by molar-refractivity contribution is 5.92. The molecule has 1 rings (SSSR count). The predicted molar refractivity (Wildman–Crippen MR) is 65.9 cm³/mol. The Morgan fingerprint density at radius 2 is 2.12 bits per heavy atom. The molecule has 0 fully saturated rings. The Labute approximate surface area is 102 Å². The van der Waals surface area contributed by atoms with Crippen LogP contribution in [0.3, 0.4) is 0 Å². The van der Waals surface area contributed by atoms with E-state index in [1.165, 1.54) is 4.90 Å². The highest BCUT2D eigenvalue weighted by Crippen LogP contribution is 2.16. The minimum atomic E-state index is -0.202. The van der Waals surface area contributed by atoms with Crippen LogP contribution in [-0.4, -0.2) is 45.4 Å². The van der Waals surface area contributed by atoms with E-state index in [9.17, 15) is 4.79 Å². The Hall–Kier alpha value is -1.36. The summed E-state index contributed by atoms with van der Waals surface area (Å²) in [5.41, 5.74) is 1.46. The molecule has 0 aliphatic rings. The van der Waals surface area contributed by atoms with Crippen LogP contribution in [0.2, 0.25) is 0 Å². The zero-order valence-corrected chi connectivity index (χ0v) is 11.1. The van der Waals surface area contributed by atoms with E-state index < -0.39 is 0 Å². The van der Waals surface area contributed by atoms with Gasteiger partial charge in [-0.05, 0) is 18.9 Å². The van der Waals surface area contributed by atoms with Crippen LogP contribution in [0.1, 0.15) is 42.9 Å². The Bertz CT molecular complexity index is 398. The van der Waals surface area contributed by atoms with Crippen LogP contribution in [0.15, 0.2) is 6.07 Å². The van der Waals surface area contributed by atoms with Crippen LogP contribution >= 0.6 is 0 Å². The molecule has 1 atom stereocenters. The molecule has 96 valence electrons. The summed E-state index contributed by atoms with van der Waals surface area (Å²) in [6.45, 7) is 5.87. The minimum Gasteiger partial charge on any atom is -0.394 e. The number of rotatable bonds is 4. The number of carbonyl (C=O) groups is 1. The summed E-state index contributed by atoms with van der Waals surface area (Å²) in [7, 11) is 3.51. The number of aryl methyl sites for hydroxylation is 1. The topological polar surface area (TPSA) is 58.4 Å². The molecular formula is C12H21N3O2. The van der Waals surface area contributed by atoms with Crippen molar-refractivity contribution in [1.29, 1.82) is 0 Å². The Morgan fingerprint density at radius 3 is 2.53 bits per heavy atom. The van der Waals surface area contributed by atoms with Gasteiger partial charge < -0.3 is 10.0 Å². The van der Waals surface area contributed by atoms with E-state index in [1.54, 1.807) is 18.7 Å². The fraction of sp³-hybridized carbons (Fsp3) is 0.667. The predicted octanol–water partition coefficient (Wildman–Crippen LogP) is 0.996. The van der Waals surface area contributed by atoms with E-state index in [2.05, 4.69) is 18.9 Å². The number of aliphatic hydroxyl groups is 1. The van der Waals surface area contributed by atoms with E-state index in [0.29, 0.717) is 11.6 Å². The molecule has 5 nitrogen and oxygen atoms in total. The van der Waals surface area contributed by atoms with Gasteiger partial charge in [0.05, 0.1) is 12.6 Å². The lowest BCUT2D eigenvalue weighted by Gasteiger charge is -2.21. The van der Waals surface area contributed by atoms with Gasteiger partial charge in [0.15, 0.2) is 5.69 Å². The summed E-state index contributed by atoms with van der Waals surface area (Å²) >= 11 is 0. The molecule has 0 bridgehead atoms. The Balaban J connectivity index is 2.94. The smallest absolute Gasteiger partial charge is 0.274 e. The third kappa shape index (κ3) is 2.85. The molecular weight excluding hydrogens is 218 g/mol. The molecule has 0 spiro atoms. The molecule has 1 N–H and O–H groups in total. The number of likely N-dealkylation sites (N-methyl/N-ethyl adjacent to an activating group) is 1. The zero-order valence-electron chi connectivity index (χ0n) is 11.1. The van der Waals surface area contributed by atoms with Gasteiger partial charge in [0, 0.05) is 19.8 Å². The first-order chi connectivity index (χ1) is 7.88. The maximum Gasteiger partial charge on any atom is 0.274 e. The first-order valence-corrected chi connectivity index (χ1v) is 5.80. The SMILES string of the molecule is CC(C)c1cc(C(=O)N(C)C(C)CO)nn1C. The molecule has 0 aliphatic carbocycles. The Morgan fingerprint density at radius 1 is 1.53 bits per heavy atom. The standard InChI is InChI=1S/C12H21N3O2/c1-8(2)11-6-10(13-15(11)5)12(17)14(4)9(3)7-16/h6,8-9,16H,7H2,1-5H3. The molecule has 1 aromatic rings. The second-order valence-corrected chi connectivity index (χ2v) is 4.68. The fourth-order valence-corrected chi connectivity index (χ4v) is 1.63. The van der Waals surface area contributed by atoms with Crippen molar-refractivity contribution in [2.24, 2.45) is 7.05 Å². The van der Waals surface area contributed by atoms with E-state index in [0.717, 1.165) is 5.69 Å². The van der Waals surface area contributed by atoms with Crippen molar-refractivity contribution in [2.45, 2.75) is 32.7 Å². The highest BCUT2D eigenvalue weighted by atomic mass is 16.3. The van der Waals surface area contributed by atoms with Crippen molar-refractivity contribution >= 4 is 5.91 Å². The lowest BCUT2D eigenvalue weighted by Crippen LogP contribution is -2.37. The maximum absolute atomic E-state index is 12.1. The largest absolute Gasteiger partial charge is 0.394 e. The van der Waals surface area contributed by atoms with E-state index in [1.807, 2.05) is 13.1 Å². The van der Waals surface area contributed by atoms with Gasteiger partial charge in [-0.15, -0.1) is 0 Å². The fourth-order valence-electron chi connectivity index (χ4n) is 1.63. The molecule has 5 heteroatoms. The third-order valence-electron chi connectivity index (χ3n) is 2.97.